The van der Waals surface area contributed by atoms with E-state index in [-0.39, 0.29) is 36.4 Å². The highest BCUT2D eigenvalue weighted by molar-refractivity contribution is 5.87. The van der Waals surface area contributed by atoms with Crippen LogP contribution in [0, 0.1) is 5.41 Å². The third-order valence-electron chi connectivity index (χ3n) is 6.55. The zero-order valence-electron chi connectivity index (χ0n) is 17.5. The number of benzene rings is 1. The van der Waals surface area contributed by atoms with Crippen LogP contribution in [-0.4, -0.2) is 45.7 Å². The molecule has 3 heterocycles. The van der Waals surface area contributed by atoms with Crippen molar-refractivity contribution in [2.45, 2.75) is 64.1 Å². The first-order chi connectivity index (χ1) is 14.4. The van der Waals surface area contributed by atoms with E-state index in [2.05, 4.69) is 10.5 Å². The van der Waals surface area contributed by atoms with Gasteiger partial charge in [-0.2, -0.15) is 0 Å². The number of hydrogen-bond donors (Lipinski definition) is 2. The van der Waals surface area contributed by atoms with Crippen LogP contribution >= 0.6 is 0 Å². The Bertz CT molecular complexity index is 910. The van der Waals surface area contributed by atoms with Crippen LogP contribution in [0.25, 0.3) is 0 Å². The van der Waals surface area contributed by atoms with Gasteiger partial charge in [0, 0.05) is 24.1 Å². The lowest BCUT2D eigenvalue weighted by Crippen LogP contribution is -2.51. The summed E-state index contributed by atoms with van der Waals surface area (Å²) in [5.41, 5.74) is 1.05. The molecule has 0 spiro atoms. The summed E-state index contributed by atoms with van der Waals surface area (Å²) < 4.78 is 5.34. The number of amides is 2. The maximum Gasteiger partial charge on any atom is 0.248 e. The highest BCUT2D eigenvalue weighted by Crippen LogP contribution is 2.51. The Morgan fingerprint density at radius 3 is 2.73 bits per heavy atom. The molecule has 1 aromatic carbocycles. The van der Waals surface area contributed by atoms with Gasteiger partial charge in [-0.15, -0.1) is 0 Å². The van der Waals surface area contributed by atoms with E-state index in [0.717, 1.165) is 24.2 Å². The number of aromatic nitrogens is 1. The second-order valence-electron chi connectivity index (χ2n) is 8.79. The van der Waals surface area contributed by atoms with Crippen LogP contribution in [0.3, 0.4) is 0 Å². The van der Waals surface area contributed by atoms with Crippen molar-refractivity contribution in [2.75, 3.05) is 6.61 Å². The van der Waals surface area contributed by atoms with Crippen molar-refractivity contribution in [1.82, 2.24) is 15.4 Å². The Kier molecular flexibility index (Phi) is 5.64. The number of hydrogen-bond acceptors (Lipinski definition) is 5. The SMILES string of the molecule is CC(C)c1cc(CNC(=O)[C@@]2(Cc3ccccc3)C[C@H]3CC[C@@H]2N3C(=O)CO)no1. The number of carbonyl (C=O) groups excluding carboxylic acids is 2. The number of nitrogens with zero attached hydrogens (tertiary/aromatic N) is 2. The zero-order chi connectivity index (χ0) is 21.3. The summed E-state index contributed by atoms with van der Waals surface area (Å²) in [6.07, 6.45) is 2.83. The molecular weight excluding hydrogens is 382 g/mol. The van der Waals surface area contributed by atoms with Gasteiger partial charge in [-0.25, -0.2) is 0 Å². The predicted octanol–water partition coefficient (Wildman–Crippen LogP) is 2.40. The summed E-state index contributed by atoms with van der Waals surface area (Å²) in [7, 11) is 0. The van der Waals surface area contributed by atoms with Crippen LogP contribution in [0.15, 0.2) is 40.9 Å². The first-order valence-corrected chi connectivity index (χ1v) is 10.6. The van der Waals surface area contributed by atoms with Gasteiger partial charge in [0.2, 0.25) is 11.8 Å². The first-order valence-electron chi connectivity index (χ1n) is 10.6. The van der Waals surface area contributed by atoms with E-state index in [1.807, 2.05) is 50.2 Å². The van der Waals surface area contributed by atoms with Crippen LogP contribution < -0.4 is 5.32 Å². The lowest BCUT2D eigenvalue weighted by molar-refractivity contribution is -0.138. The van der Waals surface area contributed by atoms with E-state index in [1.165, 1.54) is 0 Å². The van der Waals surface area contributed by atoms with Gasteiger partial charge < -0.3 is 19.8 Å². The molecule has 0 saturated carbocycles. The van der Waals surface area contributed by atoms with Crippen LogP contribution in [0.5, 0.6) is 0 Å². The largest absolute Gasteiger partial charge is 0.387 e. The maximum absolute atomic E-state index is 13.6. The molecule has 0 radical (unpaired) electrons. The lowest BCUT2D eigenvalue weighted by Gasteiger charge is -2.36. The molecule has 7 nitrogen and oxygen atoms in total. The summed E-state index contributed by atoms with van der Waals surface area (Å²) in [4.78, 5) is 27.7. The molecule has 2 N–H and O–H groups in total. The molecule has 2 fully saturated rings. The summed E-state index contributed by atoms with van der Waals surface area (Å²) in [6.45, 7) is 3.82. The van der Waals surface area contributed by atoms with Crippen LogP contribution in [0.4, 0.5) is 0 Å². The van der Waals surface area contributed by atoms with Crippen molar-refractivity contribution < 1.29 is 19.2 Å². The molecule has 7 heteroatoms. The van der Waals surface area contributed by atoms with Gasteiger partial charge in [-0.05, 0) is 31.2 Å². The monoisotopic (exact) mass is 411 g/mol. The van der Waals surface area contributed by atoms with E-state index >= 15 is 0 Å². The Morgan fingerprint density at radius 1 is 1.30 bits per heavy atom. The molecular formula is C23H29N3O4. The molecule has 2 aliphatic heterocycles. The van der Waals surface area contributed by atoms with Crippen molar-refractivity contribution in [3.05, 3.63) is 53.4 Å². The van der Waals surface area contributed by atoms with Crippen molar-refractivity contribution in [1.29, 1.82) is 0 Å². The Hall–Kier alpha value is -2.67. The van der Waals surface area contributed by atoms with Gasteiger partial charge >= 0.3 is 0 Å². The van der Waals surface area contributed by atoms with E-state index in [9.17, 15) is 14.7 Å². The number of rotatable bonds is 7. The van der Waals surface area contributed by atoms with Crippen molar-refractivity contribution >= 4 is 11.8 Å². The van der Waals surface area contributed by atoms with Gasteiger partial charge in [-0.3, -0.25) is 9.59 Å². The maximum atomic E-state index is 13.6. The average molecular weight is 412 g/mol. The summed E-state index contributed by atoms with van der Waals surface area (Å²) in [6, 6.07) is 11.6. The number of aliphatic hydroxyl groups is 1. The number of fused-ring (bicyclic) bond motifs is 2. The standard InChI is InChI=1S/C23H29N3O4/c1-15(2)19-10-17(25-30-19)13-24-22(29)23(11-16-6-4-3-5-7-16)12-18-8-9-20(23)26(18)21(28)14-27/h3-7,10,15,18,20,27H,8-9,11-14H2,1-2H3,(H,24,29)/t18-,20+,23+/m1/s1. The molecule has 2 aromatic rings. The third-order valence-corrected chi connectivity index (χ3v) is 6.55. The summed E-state index contributed by atoms with van der Waals surface area (Å²) >= 11 is 0. The van der Waals surface area contributed by atoms with Gasteiger partial charge in [-0.1, -0.05) is 49.3 Å². The molecule has 3 atom stereocenters. The Balaban J connectivity index is 1.57. The fourth-order valence-electron chi connectivity index (χ4n) is 5.15. The number of aliphatic hydroxyl groups excluding tert-OH is 1. The van der Waals surface area contributed by atoms with Gasteiger partial charge in [0.25, 0.3) is 0 Å². The normalized spacial score (nSPS) is 25.1. The lowest BCUT2D eigenvalue weighted by atomic mass is 9.69. The molecule has 1 aromatic heterocycles. The van der Waals surface area contributed by atoms with Crippen molar-refractivity contribution in [3.63, 3.8) is 0 Å². The van der Waals surface area contributed by atoms with Crippen LogP contribution in [-0.2, 0) is 22.6 Å². The first kappa shape index (κ1) is 20.6. The van der Waals surface area contributed by atoms with Crippen LogP contribution in [0.1, 0.15) is 56.0 Å². The zero-order valence-corrected chi connectivity index (χ0v) is 17.5. The molecule has 2 bridgehead atoms. The molecule has 2 amide bonds. The highest BCUT2D eigenvalue weighted by atomic mass is 16.5. The molecule has 160 valence electrons. The smallest absolute Gasteiger partial charge is 0.248 e. The summed E-state index contributed by atoms with van der Waals surface area (Å²) in [5.74, 6) is 0.666. The molecule has 30 heavy (non-hydrogen) atoms. The minimum absolute atomic E-state index is 0.00343. The second kappa shape index (κ2) is 8.22. The molecule has 0 unspecified atom stereocenters. The van der Waals surface area contributed by atoms with Gasteiger partial charge in [0.15, 0.2) is 0 Å². The molecule has 0 aliphatic carbocycles. The molecule has 4 rings (SSSR count). The highest BCUT2D eigenvalue weighted by Gasteiger charge is 2.60. The molecule has 2 aliphatic rings. The van der Waals surface area contributed by atoms with Crippen LogP contribution in [0.2, 0.25) is 0 Å². The second-order valence-corrected chi connectivity index (χ2v) is 8.79. The van der Waals surface area contributed by atoms with E-state index in [4.69, 9.17) is 4.52 Å². The van der Waals surface area contributed by atoms with Gasteiger partial charge in [0.1, 0.15) is 18.1 Å². The Labute approximate surface area is 176 Å². The quantitative estimate of drug-likeness (QED) is 0.729. The number of carbonyl (C=O) groups is 2. The predicted molar refractivity (Wildman–Crippen MR) is 110 cm³/mol. The third kappa shape index (κ3) is 3.62. The summed E-state index contributed by atoms with van der Waals surface area (Å²) in [5, 5.41) is 16.6. The van der Waals surface area contributed by atoms with E-state index in [1.54, 1.807) is 4.90 Å². The fraction of sp³-hybridized carbons (Fsp3) is 0.522. The van der Waals surface area contributed by atoms with Crippen molar-refractivity contribution in [3.8, 4) is 0 Å². The average Bonchev–Trinajstić information content (AvgIpc) is 3.46. The minimum Gasteiger partial charge on any atom is -0.387 e. The van der Waals surface area contributed by atoms with Gasteiger partial charge in [0.05, 0.1) is 12.0 Å². The minimum atomic E-state index is -0.709. The molecule has 2 saturated heterocycles. The number of nitrogens with one attached hydrogen (secondary N) is 1. The van der Waals surface area contributed by atoms with E-state index < -0.39 is 12.0 Å². The van der Waals surface area contributed by atoms with E-state index in [0.29, 0.717) is 18.5 Å². The van der Waals surface area contributed by atoms with Crippen molar-refractivity contribution in [2.24, 2.45) is 5.41 Å². The fourth-order valence-corrected chi connectivity index (χ4v) is 5.15. The Morgan fingerprint density at radius 2 is 2.07 bits per heavy atom. The topological polar surface area (TPSA) is 95.7 Å².